The molecule has 1 aliphatic heterocycles. The molecule has 1 unspecified atom stereocenters. The summed E-state index contributed by atoms with van der Waals surface area (Å²) in [6.45, 7) is 1.54. The molecule has 1 aromatic carbocycles. The van der Waals surface area contributed by atoms with Gasteiger partial charge in [-0.05, 0) is 43.7 Å². The van der Waals surface area contributed by atoms with Crippen molar-refractivity contribution in [3.05, 3.63) is 28.8 Å². The van der Waals surface area contributed by atoms with Crippen molar-refractivity contribution >= 4 is 17.5 Å². The largest absolute Gasteiger partial charge is 0.493 e. The van der Waals surface area contributed by atoms with Crippen LogP contribution in [0.1, 0.15) is 24.8 Å². The van der Waals surface area contributed by atoms with Crippen LogP contribution in [0.15, 0.2) is 18.2 Å². The number of benzene rings is 1. The normalized spacial score (nSPS) is 22.4. The summed E-state index contributed by atoms with van der Waals surface area (Å²) in [5.41, 5.74) is 0.979. The Kier molecular flexibility index (Phi) is 3.65. The van der Waals surface area contributed by atoms with E-state index in [1.165, 1.54) is 12.8 Å². The van der Waals surface area contributed by atoms with E-state index in [4.69, 9.17) is 16.3 Å². The third-order valence-electron chi connectivity index (χ3n) is 3.86. The lowest BCUT2D eigenvalue weighted by Crippen LogP contribution is -2.20. The van der Waals surface area contributed by atoms with E-state index in [1.807, 2.05) is 18.2 Å². The first-order valence-electron chi connectivity index (χ1n) is 6.92. The molecule has 1 heterocycles. The fraction of sp³-hybridized carbons (Fsp3) is 0.533. The van der Waals surface area contributed by atoms with Gasteiger partial charge >= 0.3 is 0 Å². The van der Waals surface area contributed by atoms with Gasteiger partial charge in [0.1, 0.15) is 5.75 Å². The number of hydrogen-bond donors (Lipinski definition) is 1. The molecule has 1 amide bonds. The number of carbonyl (C=O) groups excluding carboxylic acids is 1. The molecule has 1 saturated carbocycles. The minimum Gasteiger partial charge on any atom is -0.493 e. The van der Waals surface area contributed by atoms with Crippen molar-refractivity contribution in [1.82, 2.24) is 5.32 Å². The number of hydrogen-bond acceptors (Lipinski definition) is 2. The summed E-state index contributed by atoms with van der Waals surface area (Å²) >= 11 is 6.27. The van der Waals surface area contributed by atoms with Crippen LogP contribution in [0.3, 0.4) is 0 Å². The van der Waals surface area contributed by atoms with Crippen LogP contribution in [0, 0.1) is 11.8 Å². The Bertz CT molecular complexity index is 485. The summed E-state index contributed by atoms with van der Waals surface area (Å²) in [6.07, 6.45) is 4.08. The van der Waals surface area contributed by atoms with E-state index in [1.54, 1.807) is 0 Å². The van der Waals surface area contributed by atoms with Crippen molar-refractivity contribution in [2.45, 2.75) is 25.7 Å². The summed E-state index contributed by atoms with van der Waals surface area (Å²) in [7, 11) is 0. The highest BCUT2D eigenvalue weighted by atomic mass is 35.5. The lowest BCUT2D eigenvalue weighted by molar-refractivity contribution is -0.122. The molecule has 1 N–H and O–H groups in total. The second kappa shape index (κ2) is 5.41. The molecule has 2 fully saturated rings. The Hall–Kier alpha value is -1.22. The second-order valence-electron chi connectivity index (χ2n) is 5.45. The minimum atomic E-state index is 0.0307. The van der Waals surface area contributed by atoms with Gasteiger partial charge in [0.25, 0.3) is 0 Å². The van der Waals surface area contributed by atoms with E-state index >= 15 is 0 Å². The van der Waals surface area contributed by atoms with Gasteiger partial charge in [-0.3, -0.25) is 4.79 Å². The minimum absolute atomic E-state index is 0.0307. The van der Waals surface area contributed by atoms with E-state index in [2.05, 4.69) is 5.32 Å². The molecule has 1 aliphatic carbocycles. The van der Waals surface area contributed by atoms with E-state index in [0.717, 1.165) is 30.9 Å². The lowest BCUT2D eigenvalue weighted by atomic mass is 9.97. The van der Waals surface area contributed by atoms with Gasteiger partial charge in [-0.25, -0.2) is 0 Å². The van der Waals surface area contributed by atoms with Crippen molar-refractivity contribution in [3.8, 4) is 5.75 Å². The predicted octanol–water partition coefficient (Wildman–Crippen LogP) is 2.81. The Morgan fingerprint density at radius 1 is 1.32 bits per heavy atom. The topological polar surface area (TPSA) is 38.3 Å². The van der Waals surface area contributed by atoms with Crippen molar-refractivity contribution in [3.63, 3.8) is 0 Å². The van der Waals surface area contributed by atoms with Gasteiger partial charge in [0.15, 0.2) is 0 Å². The maximum Gasteiger partial charge on any atom is 0.223 e. The summed E-state index contributed by atoms with van der Waals surface area (Å²) < 4.78 is 5.87. The molecule has 0 bridgehead atoms. The van der Waals surface area contributed by atoms with Crippen LogP contribution in [-0.4, -0.2) is 19.1 Å². The molecule has 4 heteroatoms. The first kappa shape index (κ1) is 12.8. The van der Waals surface area contributed by atoms with E-state index < -0.39 is 0 Å². The Balaban J connectivity index is 1.75. The van der Waals surface area contributed by atoms with Crippen molar-refractivity contribution < 1.29 is 9.53 Å². The van der Waals surface area contributed by atoms with Crippen molar-refractivity contribution in [2.75, 3.05) is 13.2 Å². The van der Waals surface area contributed by atoms with Gasteiger partial charge in [-0.15, -0.1) is 0 Å². The third kappa shape index (κ3) is 3.03. The van der Waals surface area contributed by atoms with Gasteiger partial charge in [0.05, 0.1) is 6.61 Å². The standard InChI is InChI=1S/C15H18ClNO2/c16-13-2-1-3-14(19-9-10-4-5-10)12(13)8-11-6-7-17-15(11)18/h1-3,10-11H,4-9H2,(H,17,18). The van der Waals surface area contributed by atoms with Gasteiger partial charge in [0, 0.05) is 23.0 Å². The average Bonchev–Trinajstić information content (AvgIpc) is 3.14. The maximum atomic E-state index is 11.7. The number of amides is 1. The van der Waals surface area contributed by atoms with Gasteiger partial charge in [-0.2, -0.15) is 0 Å². The fourth-order valence-corrected chi connectivity index (χ4v) is 2.69. The monoisotopic (exact) mass is 279 g/mol. The summed E-state index contributed by atoms with van der Waals surface area (Å²) in [4.78, 5) is 11.7. The number of carbonyl (C=O) groups is 1. The lowest BCUT2D eigenvalue weighted by Gasteiger charge is -2.15. The van der Waals surface area contributed by atoms with Crippen LogP contribution in [-0.2, 0) is 11.2 Å². The molecule has 102 valence electrons. The van der Waals surface area contributed by atoms with Crippen molar-refractivity contribution in [2.24, 2.45) is 11.8 Å². The van der Waals surface area contributed by atoms with Crippen LogP contribution in [0.2, 0.25) is 5.02 Å². The quantitative estimate of drug-likeness (QED) is 0.900. The number of halogens is 1. The van der Waals surface area contributed by atoms with Crippen LogP contribution in [0.4, 0.5) is 0 Å². The SMILES string of the molecule is O=C1NCCC1Cc1c(Cl)cccc1OCC1CC1. The summed E-state index contributed by atoms with van der Waals surface area (Å²) in [5.74, 6) is 1.72. The molecule has 1 aromatic rings. The molecule has 0 radical (unpaired) electrons. The highest BCUT2D eigenvalue weighted by molar-refractivity contribution is 6.31. The molecule has 0 aromatic heterocycles. The van der Waals surface area contributed by atoms with Gasteiger partial charge < -0.3 is 10.1 Å². The molecule has 2 aliphatic rings. The van der Waals surface area contributed by atoms with Gasteiger partial charge in [-0.1, -0.05) is 17.7 Å². The molecular formula is C15H18ClNO2. The molecule has 1 saturated heterocycles. The zero-order valence-electron chi connectivity index (χ0n) is 10.8. The van der Waals surface area contributed by atoms with E-state index in [-0.39, 0.29) is 11.8 Å². The molecule has 19 heavy (non-hydrogen) atoms. The Labute approximate surface area is 118 Å². The van der Waals surface area contributed by atoms with E-state index in [0.29, 0.717) is 17.4 Å². The molecule has 0 spiro atoms. The summed E-state index contributed by atoms with van der Waals surface area (Å²) in [6, 6.07) is 5.73. The zero-order chi connectivity index (χ0) is 13.2. The number of nitrogens with one attached hydrogen (secondary N) is 1. The summed E-state index contributed by atoms with van der Waals surface area (Å²) in [5, 5.41) is 3.57. The van der Waals surface area contributed by atoms with Crippen LogP contribution < -0.4 is 10.1 Å². The van der Waals surface area contributed by atoms with E-state index in [9.17, 15) is 4.79 Å². The highest BCUT2D eigenvalue weighted by Gasteiger charge is 2.27. The highest BCUT2D eigenvalue weighted by Crippen LogP contribution is 2.34. The van der Waals surface area contributed by atoms with Gasteiger partial charge in [0.2, 0.25) is 5.91 Å². The fourth-order valence-electron chi connectivity index (χ4n) is 2.45. The molecule has 3 nitrogen and oxygen atoms in total. The smallest absolute Gasteiger partial charge is 0.223 e. The molecule has 3 rings (SSSR count). The van der Waals surface area contributed by atoms with Crippen molar-refractivity contribution in [1.29, 1.82) is 0 Å². The third-order valence-corrected chi connectivity index (χ3v) is 4.21. The average molecular weight is 280 g/mol. The molecular weight excluding hydrogens is 262 g/mol. The van der Waals surface area contributed by atoms with Crippen LogP contribution in [0.5, 0.6) is 5.75 Å². The van der Waals surface area contributed by atoms with Crippen LogP contribution >= 0.6 is 11.6 Å². The zero-order valence-corrected chi connectivity index (χ0v) is 11.6. The first-order chi connectivity index (χ1) is 9.24. The number of ether oxygens (including phenoxy) is 1. The second-order valence-corrected chi connectivity index (χ2v) is 5.86. The number of rotatable bonds is 5. The van der Waals surface area contributed by atoms with Crippen LogP contribution in [0.25, 0.3) is 0 Å². The Morgan fingerprint density at radius 3 is 2.84 bits per heavy atom. The maximum absolute atomic E-state index is 11.7. The predicted molar refractivity (Wildman–Crippen MR) is 74.5 cm³/mol. The first-order valence-corrected chi connectivity index (χ1v) is 7.29. The Morgan fingerprint density at radius 2 is 2.16 bits per heavy atom. The molecule has 1 atom stereocenters.